The molecule has 0 saturated heterocycles. The molecule has 9 heteroatoms. The van der Waals surface area contributed by atoms with E-state index >= 15 is 0 Å². The molecule has 0 spiro atoms. The van der Waals surface area contributed by atoms with Gasteiger partial charge in [-0.1, -0.05) is 11.3 Å². The van der Waals surface area contributed by atoms with E-state index in [1.807, 2.05) is 45.0 Å². The Kier molecular flexibility index (Phi) is 7.07. The van der Waals surface area contributed by atoms with Gasteiger partial charge in [0.2, 0.25) is 0 Å². The SMILES string of the molecule is CCN(CC)C(=O)c1ccc2c(c1)nnn2CCNC(=O)Nc1cc(C)ccc1OC. The largest absolute Gasteiger partial charge is 0.495 e. The van der Waals surface area contributed by atoms with Crippen LogP contribution in [0.1, 0.15) is 29.8 Å². The van der Waals surface area contributed by atoms with Gasteiger partial charge in [-0.2, -0.15) is 0 Å². The zero-order valence-electron chi connectivity index (χ0n) is 18.3. The molecule has 0 saturated carbocycles. The monoisotopic (exact) mass is 424 g/mol. The Morgan fingerprint density at radius 1 is 1.13 bits per heavy atom. The molecule has 0 bridgehead atoms. The Bertz CT molecular complexity index is 1070. The normalized spacial score (nSPS) is 10.7. The third-order valence-electron chi connectivity index (χ3n) is 5.02. The molecule has 0 aliphatic rings. The van der Waals surface area contributed by atoms with E-state index < -0.39 is 0 Å². The minimum absolute atomic E-state index is 0.0219. The minimum Gasteiger partial charge on any atom is -0.495 e. The van der Waals surface area contributed by atoms with Gasteiger partial charge in [0.05, 0.1) is 24.9 Å². The second kappa shape index (κ2) is 9.92. The van der Waals surface area contributed by atoms with Gasteiger partial charge in [0.1, 0.15) is 11.3 Å². The number of rotatable bonds is 8. The van der Waals surface area contributed by atoms with Gasteiger partial charge in [-0.15, -0.1) is 5.10 Å². The molecule has 1 heterocycles. The van der Waals surface area contributed by atoms with Crippen LogP contribution in [0.15, 0.2) is 36.4 Å². The number of nitrogens with zero attached hydrogens (tertiary/aromatic N) is 4. The highest BCUT2D eigenvalue weighted by molar-refractivity contribution is 5.97. The predicted octanol–water partition coefficient (Wildman–Crippen LogP) is 3.05. The van der Waals surface area contributed by atoms with E-state index in [4.69, 9.17) is 4.74 Å². The molecular formula is C22H28N6O3. The van der Waals surface area contributed by atoms with Crippen molar-refractivity contribution in [2.75, 3.05) is 32.1 Å². The van der Waals surface area contributed by atoms with Crippen molar-refractivity contribution in [3.8, 4) is 5.75 Å². The van der Waals surface area contributed by atoms with Crippen LogP contribution in [-0.2, 0) is 6.54 Å². The van der Waals surface area contributed by atoms with E-state index in [1.165, 1.54) is 0 Å². The molecule has 1 aromatic heterocycles. The number of hydrogen-bond donors (Lipinski definition) is 2. The van der Waals surface area contributed by atoms with Gasteiger partial charge in [0.25, 0.3) is 5.91 Å². The molecular weight excluding hydrogens is 396 g/mol. The van der Waals surface area contributed by atoms with Gasteiger partial charge in [-0.3, -0.25) is 4.79 Å². The maximum atomic E-state index is 12.5. The van der Waals surface area contributed by atoms with E-state index in [9.17, 15) is 9.59 Å². The molecule has 0 atom stereocenters. The number of ether oxygens (including phenoxy) is 1. The van der Waals surface area contributed by atoms with Crippen molar-refractivity contribution in [3.05, 3.63) is 47.5 Å². The first-order valence-corrected chi connectivity index (χ1v) is 10.3. The molecule has 0 fully saturated rings. The number of amides is 3. The number of fused-ring (bicyclic) bond motifs is 1. The van der Waals surface area contributed by atoms with E-state index in [1.54, 1.807) is 28.8 Å². The van der Waals surface area contributed by atoms with E-state index in [0.29, 0.717) is 48.7 Å². The molecule has 2 aromatic carbocycles. The summed E-state index contributed by atoms with van der Waals surface area (Å²) in [5, 5.41) is 13.9. The van der Waals surface area contributed by atoms with E-state index in [0.717, 1.165) is 11.1 Å². The van der Waals surface area contributed by atoms with Crippen LogP contribution in [-0.4, -0.2) is 58.6 Å². The van der Waals surface area contributed by atoms with Crippen LogP contribution in [0.2, 0.25) is 0 Å². The number of benzene rings is 2. The lowest BCUT2D eigenvalue weighted by Crippen LogP contribution is -2.31. The lowest BCUT2D eigenvalue weighted by Gasteiger charge is -2.18. The van der Waals surface area contributed by atoms with Crippen LogP contribution in [0.4, 0.5) is 10.5 Å². The van der Waals surface area contributed by atoms with Crippen molar-refractivity contribution in [1.82, 2.24) is 25.2 Å². The van der Waals surface area contributed by atoms with Crippen molar-refractivity contribution in [1.29, 1.82) is 0 Å². The van der Waals surface area contributed by atoms with E-state index in [-0.39, 0.29) is 11.9 Å². The van der Waals surface area contributed by atoms with Crippen molar-refractivity contribution in [2.24, 2.45) is 0 Å². The fraction of sp³-hybridized carbons (Fsp3) is 0.364. The Labute approximate surface area is 181 Å². The maximum Gasteiger partial charge on any atom is 0.319 e. The number of hydrogen-bond acceptors (Lipinski definition) is 5. The molecule has 9 nitrogen and oxygen atoms in total. The summed E-state index contributed by atoms with van der Waals surface area (Å²) in [5.41, 5.74) is 3.67. The third kappa shape index (κ3) is 5.11. The van der Waals surface area contributed by atoms with Crippen LogP contribution < -0.4 is 15.4 Å². The first-order valence-electron chi connectivity index (χ1n) is 10.3. The summed E-state index contributed by atoms with van der Waals surface area (Å²) in [7, 11) is 1.56. The Hall–Kier alpha value is -3.62. The van der Waals surface area contributed by atoms with Crippen LogP contribution >= 0.6 is 0 Å². The number of aryl methyl sites for hydroxylation is 1. The molecule has 0 aliphatic heterocycles. The highest BCUT2D eigenvalue weighted by atomic mass is 16.5. The summed E-state index contributed by atoms with van der Waals surface area (Å²) >= 11 is 0. The number of methoxy groups -OCH3 is 1. The Morgan fingerprint density at radius 3 is 2.61 bits per heavy atom. The van der Waals surface area contributed by atoms with Gasteiger partial charge < -0.3 is 20.3 Å². The van der Waals surface area contributed by atoms with Crippen LogP contribution in [0.3, 0.4) is 0 Å². The summed E-state index contributed by atoms with van der Waals surface area (Å²) in [6, 6.07) is 10.6. The Morgan fingerprint density at radius 2 is 1.90 bits per heavy atom. The van der Waals surface area contributed by atoms with Gasteiger partial charge >= 0.3 is 6.03 Å². The first-order chi connectivity index (χ1) is 15.0. The van der Waals surface area contributed by atoms with Gasteiger partial charge in [0.15, 0.2) is 0 Å². The quantitative estimate of drug-likeness (QED) is 0.579. The highest BCUT2D eigenvalue weighted by Gasteiger charge is 2.15. The molecule has 164 valence electrons. The molecule has 2 N–H and O–H groups in total. The van der Waals surface area contributed by atoms with Crippen molar-refractivity contribution < 1.29 is 14.3 Å². The summed E-state index contributed by atoms with van der Waals surface area (Å²) in [6.07, 6.45) is 0. The maximum absolute atomic E-state index is 12.5. The van der Waals surface area contributed by atoms with Crippen molar-refractivity contribution in [3.63, 3.8) is 0 Å². The average molecular weight is 425 g/mol. The lowest BCUT2D eigenvalue weighted by molar-refractivity contribution is 0.0773. The summed E-state index contributed by atoms with van der Waals surface area (Å²) in [6.45, 7) is 7.96. The zero-order chi connectivity index (χ0) is 22.4. The molecule has 0 radical (unpaired) electrons. The topological polar surface area (TPSA) is 101 Å². The molecule has 3 aromatic rings. The number of carbonyl (C=O) groups excluding carboxylic acids is 2. The number of urea groups is 1. The standard InChI is InChI=1S/C22H28N6O3/c1-5-27(6-2)21(29)16-8-9-19-17(14-16)25-26-28(19)12-11-23-22(30)24-18-13-15(3)7-10-20(18)31-4/h7-10,13-14H,5-6,11-12H2,1-4H3,(H2,23,24,30). The lowest BCUT2D eigenvalue weighted by atomic mass is 10.1. The van der Waals surface area contributed by atoms with E-state index in [2.05, 4.69) is 20.9 Å². The van der Waals surface area contributed by atoms with Crippen LogP contribution in [0.25, 0.3) is 11.0 Å². The summed E-state index contributed by atoms with van der Waals surface area (Å²) < 4.78 is 6.98. The first kappa shape index (κ1) is 22.1. The highest BCUT2D eigenvalue weighted by Crippen LogP contribution is 2.25. The number of aromatic nitrogens is 3. The van der Waals surface area contributed by atoms with Crippen LogP contribution in [0.5, 0.6) is 5.75 Å². The second-order valence-electron chi connectivity index (χ2n) is 7.08. The number of nitrogens with one attached hydrogen (secondary N) is 2. The second-order valence-corrected chi connectivity index (χ2v) is 7.08. The van der Waals surface area contributed by atoms with Gasteiger partial charge in [0, 0.05) is 25.2 Å². The number of carbonyl (C=O) groups is 2. The number of anilines is 1. The zero-order valence-corrected chi connectivity index (χ0v) is 18.3. The molecule has 31 heavy (non-hydrogen) atoms. The molecule has 0 unspecified atom stereocenters. The molecule has 3 rings (SSSR count). The summed E-state index contributed by atoms with van der Waals surface area (Å²) in [5.74, 6) is 0.574. The minimum atomic E-state index is -0.333. The van der Waals surface area contributed by atoms with Gasteiger partial charge in [-0.05, 0) is 56.7 Å². The fourth-order valence-electron chi connectivity index (χ4n) is 3.33. The predicted molar refractivity (Wildman–Crippen MR) is 120 cm³/mol. The third-order valence-corrected chi connectivity index (χ3v) is 5.02. The molecule has 0 aliphatic carbocycles. The Balaban J connectivity index is 1.61. The van der Waals surface area contributed by atoms with Gasteiger partial charge in [-0.25, -0.2) is 9.48 Å². The summed E-state index contributed by atoms with van der Waals surface area (Å²) in [4.78, 5) is 26.5. The molecule has 3 amide bonds. The average Bonchev–Trinajstić information content (AvgIpc) is 3.17. The van der Waals surface area contributed by atoms with Crippen molar-refractivity contribution >= 4 is 28.7 Å². The fourth-order valence-corrected chi connectivity index (χ4v) is 3.33. The van der Waals surface area contributed by atoms with Crippen LogP contribution in [0, 0.1) is 6.92 Å². The smallest absolute Gasteiger partial charge is 0.319 e. The van der Waals surface area contributed by atoms with Crippen molar-refractivity contribution in [2.45, 2.75) is 27.3 Å².